The molecule has 0 unspecified atom stereocenters. The predicted molar refractivity (Wildman–Crippen MR) is 70.8 cm³/mol. The van der Waals surface area contributed by atoms with E-state index < -0.39 is 12.1 Å². The fraction of sp³-hybridized carbons (Fsp3) is 0.231. The molecular weight excluding hydrogens is 313 g/mol. The lowest BCUT2D eigenvalue weighted by atomic mass is 10.2. The predicted octanol–water partition coefficient (Wildman–Crippen LogP) is 2.62. The second-order valence-electron chi connectivity index (χ2n) is 4.60. The van der Waals surface area contributed by atoms with Crippen LogP contribution < -0.4 is 0 Å². The monoisotopic (exact) mass is 322 g/mol. The van der Waals surface area contributed by atoms with E-state index in [2.05, 4.69) is 34.6 Å². The Bertz CT molecular complexity index is 841. The summed E-state index contributed by atoms with van der Waals surface area (Å²) < 4.78 is 41.8. The molecule has 10 heteroatoms. The van der Waals surface area contributed by atoms with Crippen LogP contribution in [0.1, 0.15) is 17.5 Å². The normalized spacial score (nSPS) is 11.7. The van der Waals surface area contributed by atoms with Crippen LogP contribution in [0, 0.1) is 13.8 Å². The highest BCUT2D eigenvalue weighted by Crippen LogP contribution is 2.29. The largest absolute Gasteiger partial charge is 0.471 e. The van der Waals surface area contributed by atoms with Gasteiger partial charge in [-0.1, -0.05) is 5.16 Å². The van der Waals surface area contributed by atoms with Gasteiger partial charge >= 0.3 is 12.1 Å². The smallest absolute Gasteiger partial charge is 0.329 e. The topological polar surface area (TPSA) is 90.5 Å². The van der Waals surface area contributed by atoms with Gasteiger partial charge in [0.05, 0.1) is 0 Å². The van der Waals surface area contributed by atoms with Crippen LogP contribution in [-0.4, -0.2) is 30.1 Å². The Balaban J connectivity index is 2.01. The molecule has 0 aliphatic rings. The number of nitrogens with zero attached hydrogens (tertiary/aromatic N) is 6. The summed E-state index contributed by atoms with van der Waals surface area (Å²) in [6.45, 7) is 3.41. The number of aromatic nitrogens is 6. The Labute approximate surface area is 127 Å². The van der Waals surface area contributed by atoms with Crippen molar-refractivity contribution in [2.24, 2.45) is 0 Å². The van der Waals surface area contributed by atoms with Crippen molar-refractivity contribution in [3.8, 4) is 22.9 Å². The third-order valence-electron chi connectivity index (χ3n) is 2.77. The number of halogens is 3. The quantitative estimate of drug-likeness (QED) is 0.716. The van der Waals surface area contributed by atoms with Crippen LogP contribution in [0.15, 0.2) is 22.9 Å². The van der Waals surface area contributed by atoms with Crippen molar-refractivity contribution in [3.05, 3.63) is 35.9 Å². The summed E-state index contributed by atoms with van der Waals surface area (Å²) in [5, 5.41) is 3.34. The summed E-state index contributed by atoms with van der Waals surface area (Å²) in [5.74, 6) is -0.255. The van der Waals surface area contributed by atoms with Gasteiger partial charge < -0.3 is 4.52 Å². The molecule has 0 aliphatic carbocycles. The second kappa shape index (κ2) is 5.38. The number of hydrogen-bond donors (Lipinski definition) is 0. The molecule has 0 fully saturated rings. The minimum atomic E-state index is -4.69. The van der Waals surface area contributed by atoms with Crippen LogP contribution in [0.5, 0.6) is 0 Å². The molecule has 0 saturated heterocycles. The summed E-state index contributed by atoms with van der Waals surface area (Å²) in [5.41, 5.74) is 0.680. The minimum absolute atomic E-state index is 0.191. The van der Waals surface area contributed by atoms with Crippen LogP contribution in [-0.2, 0) is 6.18 Å². The van der Waals surface area contributed by atoms with Crippen molar-refractivity contribution in [1.29, 1.82) is 0 Å². The lowest BCUT2D eigenvalue weighted by Crippen LogP contribution is -2.04. The van der Waals surface area contributed by atoms with Gasteiger partial charge in [-0.2, -0.15) is 18.2 Å². The fourth-order valence-corrected chi connectivity index (χ4v) is 1.88. The molecule has 118 valence electrons. The summed E-state index contributed by atoms with van der Waals surface area (Å²) in [6.07, 6.45) is -3.29. The van der Waals surface area contributed by atoms with Crippen molar-refractivity contribution in [2.45, 2.75) is 20.0 Å². The van der Waals surface area contributed by atoms with Crippen molar-refractivity contribution >= 4 is 0 Å². The van der Waals surface area contributed by atoms with E-state index in [-0.39, 0.29) is 5.82 Å². The van der Waals surface area contributed by atoms with Crippen LogP contribution in [0.3, 0.4) is 0 Å². The molecule has 0 aromatic carbocycles. The van der Waals surface area contributed by atoms with Crippen LogP contribution >= 0.6 is 0 Å². The van der Waals surface area contributed by atoms with E-state index in [1.165, 1.54) is 18.3 Å². The number of pyridine rings is 1. The van der Waals surface area contributed by atoms with E-state index in [0.717, 1.165) is 0 Å². The summed E-state index contributed by atoms with van der Waals surface area (Å²) in [7, 11) is 0. The molecule has 3 aromatic heterocycles. The van der Waals surface area contributed by atoms with Crippen LogP contribution in [0.4, 0.5) is 13.2 Å². The fourth-order valence-electron chi connectivity index (χ4n) is 1.88. The summed E-state index contributed by atoms with van der Waals surface area (Å²) in [6, 6.07) is 2.95. The average Bonchev–Trinajstić information content (AvgIpc) is 2.96. The van der Waals surface area contributed by atoms with Gasteiger partial charge in [-0.3, -0.25) is 4.98 Å². The standard InChI is InChI=1S/C13H9F3N6O/c1-6-18-7(2)20-11(19-6)9-5-8(3-4-17-9)10-21-12(23-22-10)13(14,15)16/h3-5H,1-2H3. The molecule has 0 amide bonds. The molecule has 3 heterocycles. The van der Waals surface area contributed by atoms with Gasteiger partial charge in [-0.15, -0.1) is 0 Å². The highest BCUT2D eigenvalue weighted by atomic mass is 19.4. The third-order valence-corrected chi connectivity index (χ3v) is 2.77. The maximum absolute atomic E-state index is 12.5. The van der Waals surface area contributed by atoms with E-state index in [1.54, 1.807) is 13.8 Å². The minimum Gasteiger partial charge on any atom is -0.329 e. The Hall–Kier alpha value is -2.91. The zero-order valence-electron chi connectivity index (χ0n) is 12.0. The Morgan fingerprint density at radius 1 is 0.957 bits per heavy atom. The molecule has 0 N–H and O–H groups in total. The van der Waals surface area contributed by atoms with Gasteiger partial charge in [0.25, 0.3) is 0 Å². The molecule has 0 atom stereocenters. The maximum atomic E-state index is 12.5. The van der Waals surface area contributed by atoms with Gasteiger partial charge in [0.15, 0.2) is 5.82 Å². The first-order chi connectivity index (χ1) is 10.8. The van der Waals surface area contributed by atoms with Crippen LogP contribution in [0.2, 0.25) is 0 Å². The second-order valence-corrected chi connectivity index (χ2v) is 4.60. The molecule has 3 aromatic rings. The number of alkyl halides is 3. The summed E-state index contributed by atoms with van der Waals surface area (Å²) >= 11 is 0. The lowest BCUT2D eigenvalue weighted by Gasteiger charge is -2.03. The van der Waals surface area contributed by atoms with Gasteiger partial charge in [-0.05, 0) is 26.0 Å². The van der Waals surface area contributed by atoms with Gasteiger partial charge in [0.2, 0.25) is 5.82 Å². The van der Waals surface area contributed by atoms with Gasteiger partial charge in [-0.25, -0.2) is 15.0 Å². The molecule has 0 aliphatic heterocycles. The zero-order chi connectivity index (χ0) is 16.6. The molecule has 23 heavy (non-hydrogen) atoms. The molecule has 0 bridgehead atoms. The van der Waals surface area contributed by atoms with Crippen molar-refractivity contribution < 1.29 is 17.7 Å². The molecule has 3 rings (SSSR count). The third kappa shape index (κ3) is 3.15. The maximum Gasteiger partial charge on any atom is 0.471 e. The highest BCUT2D eigenvalue weighted by Gasteiger charge is 2.38. The highest BCUT2D eigenvalue weighted by molar-refractivity contribution is 5.62. The number of aryl methyl sites for hydroxylation is 2. The molecule has 0 radical (unpaired) electrons. The molecular formula is C13H9F3N6O. The van der Waals surface area contributed by atoms with E-state index >= 15 is 0 Å². The van der Waals surface area contributed by atoms with Gasteiger partial charge in [0, 0.05) is 11.8 Å². The first-order valence-corrected chi connectivity index (χ1v) is 6.40. The van der Waals surface area contributed by atoms with Gasteiger partial charge in [0.1, 0.15) is 17.3 Å². The molecule has 7 nitrogen and oxygen atoms in total. The first kappa shape index (κ1) is 15.0. The zero-order valence-corrected chi connectivity index (χ0v) is 12.0. The Morgan fingerprint density at radius 2 is 1.65 bits per heavy atom. The average molecular weight is 322 g/mol. The lowest BCUT2D eigenvalue weighted by molar-refractivity contribution is -0.159. The van der Waals surface area contributed by atoms with E-state index in [1.807, 2.05) is 0 Å². The van der Waals surface area contributed by atoms with Crippen molar-refractivity contribution in [3.63, 3.8) is 0 Å². The Kier molecular flexibility index (Phi) is 3.51. The SMILES string of the molecule is Cc1nc(C)nc(-c2cc(-c3noc(C(F)(F)F)n3)ccn2)n1. The number of hydrogen-bond acceptors (Lipinski definition) is 7. The molecule has 0 saturated carbocycles. The Morgan fingerprint density at radius 3 is 2.26 bits per heavy atom. The summed E-state index contributed by atoms with van der Waals surface area (Å²) in [4.78, 5) is 19.8. The van der Waals surface area contributed by atoms with E-state index in [4.69, 9.17) is 0 Å². The first-order valence-electron chi connectivity index (χ1n) is 6.40. The van der Waals surface area contributed by atoms with E-state index in [9.17, 15) is 13.2 Å². The van der Waals surface area contributed by atoms with Crippen molar-refractivity contribution in [1.82, 2.24) is 30.1 Å². The van der Waals surface area contributed by atoms with Crippen molar-refractivity contribution in [2.75, 3.05) is 0 Å². The van der Waals surface area contributed by atoms with Crippen LogP contribution in [0.25, 0.3) is 22.9 Å². The molecule has 0 spiro atoms. The van der Waals surface area contributed by atoms with E-state index in [0.29, 0.717) is 28.7 Å². The number of rotatable bonds is 2.